The predicted octanol–water partition coefficient (Wildman–Crippen LogP) is 3.58. The lowest BCUT2D eigenvalue weighted by Crippen LogP contribution is -2.19. The molecule has 0 atom stereocenters. The zero-order valence-corrected chi connectivity index (χ0v) is 13.8. The number of nitrogens with zero attached hydrogens (tertiary/aromatic N) is 1. The number of carbonyl (C=O) groups excluding carboxylic acids is 2. The first kappa shape index (κ1) is 17.9. The summed E-state index contributed by atoms with van der Waals surface area (Å²) in [4.78, 5) is 23.6. The number of carbonyl (C=O) groups is 2. The Morgan fingerprint density at radius 1 is 1.09 bits per heavy atom. The lowest BCUT2D eigenvalue weighted by Gasteiger charge is -2.08. The van der Waals surface area contributed by atoms with Crippen LogP contribution in [-0.2, 0) is 4.79 Å². The molecule has 1 aromatic rings. The molecule has 0 aliphatic heterocycles. The average molecular weight is 303 g/mol. The summed E-state index contributed by atoms with van der Waals surface area (Å²) in [5, 5.41) is 6.90. The number of benzene rings is 1. The van der Waals surface area contributed by atoms with Crippen LogP contribution in [0.15, 0.2) is 29.4 Å². The van der Waals surface area contributed by atoms with Gasteiger partial charge in [0.2, 0.25) is 5.91 Å². The third-order valence-corrected chi connectivity index (χ3v) is 3.16. The maximum atomic E-state index is 12.0. The number of hydrazone groups is 1. The second kappa shape index (κ2) is 8.97. The van der Waals surface area contributed by atoms with E-state index in [1.807, 2.05) is 27.7 Å². The summed E-state index contributed by atoms with van der Waals surface area (Å²) >= 11 is 0. The van der Waals surface area contributed by atoms with Crippen LogP contribution in [-0.4, -0.2) is 17.5 Å². The predicted molar refractivity (Wildman–Crippen MR) is 90.0 cm³/mol. The fraction of sp³-hybridized carbons (Fsp3) is 0.471. The van der Waals surface area contributed by atoms with E-state index in [9.17, 15) is 9.59 Å². The molecule has 5 nitrogen and oxygen atoms in total. The maximum Gasteiger partial charge on any atom is 0.271 e. The number of rotatable bonds is 7. The lowest BCUT2D eigenvalue weighted by atomic mass is 10.1. The van der Waals surface area contributed by atoms with Crippen LogP contribution in [0.25, 0.3) is 0 Å². The fourth-order valence-electron chi connectivity index (χ4n) is 1.89. The van der Waals surface area contributed by atoms with E-state index in [-0.39, 0.29) is 11.8 Å². The monoisotopic (exact) mass is 303 g/mol. The molecule has 0 bridgehead atoms. The molecular formula is C17H25N3O2. The van der Waals surface area contributed by atoms with Crippen LogP contribution in [0.5, 0.6) is 0 Å². The minimum atomic E-state index is -0.251. The molecule has 0 aromatic heterocycles. The van der Waals surface area contributed by atoms with E-state index in [1.165, 1.54) is 0 Å². The van der Waals surface area contributed by atoms with E-state index in [2.05, 4.69) is 15.8 Å². The SMILES string of the molecule is CCC(CC)=NNC(=O)c1ccc(NC(=O)CC(C)C)cc1. The minimum absolute atomic E-state index is 0.0210. The molecular weight excluding hydrogens is 278 g/mol. The van der Waals surface area contributed by atoms with E-state index in [1.54, 1.807) is 24.3 Å². The van der Waals surface area contributed by atoms with Gasteiger partial charge >= 0.3 is 0 Å². The molecule has 2 N–H and O–H groups in total. The Hall–Kier alpha value is -2.17. The highest BCUT2D eigenvalue weighted by Gasteiger charge is 2.07. The van der Waals surface area contributed by atoms with Crippen molar-refractivity contribution in [3.63, 3.8) is 0 Å². The normalized spacial score (nSPS) is 10.2. The Labute approximate surface area is 132 Å². The Balaban J connectivity index is 2.62. The van der Waals surface area contributed by atoms with Crippen molar-refractivity contribution in [3.05, 3.63) is 29.8 Å². The molecule has 1 aromatic carbocycles. The smallest absolute Gasteiger partial charge is 0.271 e. The molecule has 2 amide bonds. The molecule has 0 saturated heterocycles. The molecule has 0 spiro atoms. The quantitative estimate of drug-likeness (QED) is 0.597. The summed E-state index contributed by atoms with van der Waals surface area (Å²) in [6.45, 7) is 8.00. The lowest BCUT2D eigenvalue weighted by molar-refractivity contribution is -0.116. The van der Waals surface area contributed by atoms with Crippen molar-refractivity contribution < 1.29 is 9.59 Å². The van der Waals surface area contributed by atoms with Gasteiger partial charge in [0, 0.05) is 23.4 Å². The molecule has 0 aliphatic rings. The summed E-state index contributed by atoms with van der Waals surface area (Å²) < 4.78 is 0. The van der Waals surface area contributed by atoms with E-state index in [4.69, 9.17) is 0 Å². The van der Waals surface area contributed by atoms with Crippen LogP contribution >= 0.6 is 0 Å². The Morgan fingerprint density at radius 2 is 1.68 bits per heavy atom. The van der Waals surface area contributed by atoms with Crippen LogP contribution in [0.4, 0.5) is 5.69 Å². The number of hydrogen-bond acceptors (Lipinski definition) is 3. The van der Waals surface area contributed by atoms with Gasteiger partial charge in [0.25, 0.3) is 5.91 Å². The topological polar surface area (TPSA) is 70.6 Å². The summed E-state index contributed by atoms with van der Waals surface area (Å²) in [5.41, 5.74) is 4.70. The molecule has 0 heterocycles. The van der Waals surface area contributed by atoms with Gasteiger partial charge in [-0.05, 0) is 43.0 Å². The summed E-state index contributed by atoms with van der Waals surface area (Å²) in [6, 6.07) is 6.79. The molecule has 0 unspecified atom stereocenters. The van der Waals surface area contributed by atoms with Gasteiger partial charge in [-0.25, -0.2) is 5.43 Å². The van der Waals surface area contributed by atoms with Gasteiger partial charge < -0.3 is 5.32 Å². The van der Waals surface area contributed by atoms with Crippen molar-refractivity contribution >= 4 is 23.2 Å². The van der Waals surface area contributed by atoms with Gasteiger partial charge in [0.05, 0.1) is 0 Å². The second-order valence-corrected chi connectivity index (χ2v) is 5.55. The highest BCUT2D eigenvalue weighted by Crippen LogP contribution is 2.11. The molecule has 0 aliphatic carbocycles. The van der Waals surface area contributed by atoms with E-state index in [0.29, 0.717) is 23.6 Å². The van der Waals surface area contributed by atoms with Crippen LogP contribution in [0, 0.1) is 5.92 Å². The van der Waals surface area contributed by atoms with Crippen LogP contribution < -0.4 is 10.7 Å². The zero-order valence-electron chi connectivity index (χ0n) is 13.8. The van der Waals surface area contributed by atoms with Gasteiger partial charge in [-0.2, -0.15) is 5.10 Å². The first-order valence-electron chi connectivity index (χ1n) is 7.71. The third-order valence-electron chi connectivity index (χ3n) is 3.16. The first-order chi connectivity index (χ1) is 10.5. The highest BCUT2D eigenvalue weighted by atomic mass is 16.2. The number of anilines is 1. The van der Waals surface area contributed by atoms with E-state index < -0.39 is 0 Å². The molecule has 22 heavy (non-hydrogen) atoms. The number of nitrogens with one attached hydrogen (secondary N) is 2. The zero-order chi connectivity index (χ0) is 16.5. The first-order valence-corrected chi connectivity index (χ1v) is 7.71. The van der Waals surface area contributed by atoms with E-state index in [0.717, 1.165) is 18.6 Å². The van der Waals surface area contributed by atoms with Gasteiger partial charge in [-0.1, -0.05) is 27.7 Å². The molecule has 1 rings (SSSR count). The molecule has 0 saturated carbocycles. The van der Waals surface area contributed by atoms with Gasteiger partial charge in [-0.3, -0.25) is 9.59 Å². The maximum absolute atomic E-state index is 12.0. The van der Waals surface area contributed by atoms with Crippen molar-refractivity contribution in [1.29, 1.82) is 0 Å². The summed E-state index contributed by atoms with van der Waals surface area (Å²) in [7, 11) is 0. The Kier molecular flexibility index (Phi) is 7.29. The van der Waals surface area contributed by atoms with Crippen LogP contribution in [0.3, 0.4) is 0 Å². The largest absolute Gasteiger partial charge is 0.326 e. The summed E-state index contributed by atoms with van der Waals surface area (Å²) in [6.07, 6.45) is 2.11. The van der Waals surface area contributed by atoms with Gasteiger partial charge in [0.15, 0.2) is 0 Å². The van der Waals surface area contributed by atoms with Crippen molar-refractivity contribution in [3.8, 4) is 0 Å². The highest BCUT2D eigenvalue weighted by molar-refractivity contribution is 5.96. The Bertz CT molecular complexity index is 527. The standard InChI is InChI=1S/C17H25N3O2/c1-5-14(6-2)19-20-17(22)13-7-9-15(10-8-13)18-16(21)11-12(3)4/h7-10,12H,5-6,11H2,1-4H3,(H,18,21)(H,20,22). The fourth-order valence-corrected chi connectivity index (χ4v) is 1.89. The van der Waals surface area contributed by atoms with Crippen molar-refractivity contribution in [1.82, 2.24) is 5.43 Å². The van der Waals surface area contributed by atoms with Crippen LogP contribution in [0.1, 0.15) is 57.3 Å². The number of amides is 2. The second-order valence-electron chi connectivity index (χ2n) is 5.55. The molecule has 5 heteroatoms. The van der Waals surface area contributed by atoms with Gasteiger partial charge in [0.1, 0.15) is 0 Å². The van der Waals surface area contributed by atoms with Crippen LogP contribution in [0.2, 0.25) is 0 Å². The van der Waals surface area contributed by atoms with Crippen molar-refractivity contribution in [2.45, 2.75) is 47.0 Å². The van der Waals surface area contributed by atoms with Crippen molar-refractivity contribution in [2.24, 2.45) is 11.0 Å². The molecule has 0 fully saturated rings. The molecule has 0 radical (unpaired) electrons. The van der Waals surface area contributed by atoms with E-state index >= 15 is 0 Å². The summed E-state index contributed by atoms with van der Waals surface area (Å²) in [5.74, 6) is 0.0426. The average Bonchev–Trinajstić information content (AvgIpc) is 2.48. The third kappa shape index (κ3) is 6.08. The minimum Gasteiger partial charge on any atom is -0.326 e. The molecule has 120 valence electrons. The Morgan fingerprint density at radius 3 is 2.18 bits per heavy atom. The number of hydrogen-bond donors (Lipinski definition) is 2. The van der Waals surface area contributed by atoms with Gasteiger partial charge in [-0.15, -0.1) is 0 Å². The van der Waals surface area contributed by atoms with Crippen molar-refractivity contribution in [2.75, 3.05) is 5.32 Å².